The van der Waals surface area contributed by atoms with Gasteiger partial charge in [-0.2, -0.15) is 0 Å². The van der Waals surface area contributed by atoms with Gasteiger partial charge in [0.05, 0.1) is 5.60 Å². The van der Waals surface area contributed by atoms with Gasteiger partial charge < -0.3 is 14.9 Å². The lowest BCUT2D eigenvalue weighted by molar-refractivity contribution is -0.153. The number of ether oxygens (including phenoxy) is 1. The topological polar surface area (TPSA) is 66.8 Å². The highest BCUT2D eigenvalue weighted by atomic mass is 16.5. The van der Waals surface area contributed by atoms with E-state index in [-0.39, 0.29) is 5.92 Å². The lowest BCUT2D eigenvalue weighted by Crippen LogP contribution is -2.40. The lowest BCUT2D eigenvalue weighted by Gasteiger charge is -2.27. The highest BCUT2D eigenvalue weighted by molar-refractivity contribution is 5.72. The van der Waals surface area contributed by atoms with Crippen LogP contribution in [0.25, 0.3) is 0 Å². The molecule has 2 atom stereocenters. The van der Waals surface area contributed by atoms with E-state index in [4.69, 9.17) is 9.84 Å². The lowest BCUT2D eigenvalue weighted by atomic mass is 9.86. The number of aliphatic hydroxyl groups is 1. The van der Waals surface area contributed by atoms with Crippen molar-refractivity contribution in [2.75, 3.05) is 6.61 Å². The number of aliphatic carboxylic acids is 1. The molecule has 0 spiro atoms. The first-order valence-electron chi connectivity index (χ1n) is 4.00. The Morgan fingerprint density at radius 2 is 2.25 bits per heavy atom. The van der Waals surface area contributed by atoms with Gasteiger partial charge >= 0.3 is 5.97 Å². The summed E-state index contributed by atoms with van der Waals surface area (Å²) in [6, 6.07) is 0. The first-order valence-corrected chi connectivity index (χ1v) is 4.00. The minimum atomic E-state index is -1.30. The minimum absolute atomic E-state index is 0.296. The average molecular weight is 174 g/mol. The molecule has 12 heavy (non-hydrogen) atoms. The third kappa shape index (κ3) is 1.59. The van der Waals surface area contributed by atoms with Crippen molar-refractivity contribution in [2.45, 2.75) is 32.0 Å². The van der Waals surface area contributed by atoms with Crippen LogP contribution in [-0.2, 0) is 9.53 Å². The number of hydrogen-bond acceptors (Lipinski definition) is 3. The SMILES string of the molecule is CC1(C)OCCC1C(O)C(=O)O. The highest BCUT2D eigenvalue weighted by Crippen LogP contribution is 2.33. The van der Waals surface area contributed by atoms with E-state index in [1.807, 2.05) is 0 Å². The predicted molar refractivity (Wildman–Crippen MR) is 41.8 cm³/mol. The van der Waals surface area contributed by atoms with E-state index in [0.29, 0.717) is 13.0 Å². The van der Waals surface area contributed by atoms with E-state index in [0.717, 1.165) is 0 Å². The van der Waals surface area contributed by atoms with E-state index in [2.05, 4.69) is 0 Å². The van der Waals surface area contributed by atoms with E-state index in [1.165, 1.54) is 0 Å². The maximum absolute atomic E-state index is 10.5. The van der Waals surface area contributed by atoms with Gasteiger partial charge in [-0.05, 0) is 20.3 Å². The van der Waals surface area contributed by atoms with E-state index in [9.17, 15) is 9.90 Å². The Morgan fingerprint density at radius 3 is 2.58 bits per heavy atom. The summed E-state index contributed by atoms with van der Waals surface area (Å²) >= 11 is 0. The van der Waals surface area contributed by atoms with Gasteiger partial charge in [0.1, 0.15) is 0 Å². The highest BCUT2D eigenvalue weighted by Gasteiger charge is 2.42. The zero-order valence-corrected chi connectivity index (χ0v) is 7.28. The van der Waals surface area contributed by atoms with Gasteiger partial charge in [-0.25, -0.2) is 4.79 Å². The Balaban J connectivity index is 2.68. The second-order valence-electron chi connectivity index (χ2n) is 3.63. The molecule has 4 heteroatoms. The van der Waals surface area contributed by atoms with Crippen LogP contribution in [-0.4, -0.2) is 34.5 Å². The van der Waals surface area contributed by atoms with Gasteiger partial charge in [-0.1, -0.05) is 0 Å². The molecule has 0 bridgehead atoms. The largest absolute Gasteiger partial charge is 0.479 e. The molecule has 1 fully saturated rings. The monoisotopic (exact) mass is 174 g/mol. The van der Waals surface area contributed by atoms with Crippen LogP contribution in [0.3, 0.4) is 0 Å². The van der Waals surface area contributed by atoms with Crippen molar-refractivity contribution in [2.24, 2.45) is 5.92 Å². The second-order valence-corrected chi connectivity index (χ2v) is 3.63. The molecule has 0 saturated carbocycles. The molecule has 4 nitrogen and oxygen atoms in total. The summed E-state index contributed by atoms with van der Waals surface area (Å²) in [7, 11) is 0. The Labute approximate surface area is 71.2 Å². The molecular formula is C8H14O4. The Bertz CT molecular complexity index is 187. The molecule has 2 N–H and O–H groups in total. The van der Waals surface area contributed by atoms with Crippen LogP contribution in [0.2, 0.25) is 0 Å². The molecule has 0 aromatic rings. The summed E-state index contributed by atoms with van der Waals surface area (Å²) < 4.78 is 5.30. The number of hydrogen-bond donors (Lipinski definition) is 2. The quantitative estimate of drug-likeness (QED) is 0.629. The fraction of sp³-hybridized carbons (Fsp3) is 0.875. The minimum Gasteiger partial charge on any atom is -0.479 e. The second kappa shape index (κ2) is 3.03. The fourth-order valence-electron chi connectivity index (χ4n) is 1.61. The number of rotatable bonds is 2. The summed E-state index contributed by atoms with van der Waals surface area (Å²) in [5.74, 6) is -1.46. The molecule has 1 rings (SSSR count). The molecule has 0 aromatic carbocycles. The summed E-state index contributed by atoms with van der Waals surface area (Å²) in [5, 5.41) is 17.9. The molecule has 1 heterocycles. The summed E-state index contributed by atoms with van der Waals surface area (Å²) in [6.45, 7) is 4.13. The predicted octanol–water partition coefficient (Wildman–Crippen LogP) is 0.247. The molecule has 0 amide bonds. The first kappa shape index (κ1) is 9.48. The average Bonchev–Trinajstić information content (AvgIpc) is 2.27. The van der Waals surface area contributed by atoms with Gasteiger partial charge in [0.25, 0.3) is 0 Å². The van der Waals surface area contributed by atoms with E-state index < -0.39 is 17.7 Å². The van der Waals surface area contributed by atoms with Gasteiger partial charge in [-0.15, -0.1) is 0 Å². The van der Waals surface area contributed by atoms with Crippen LogP contribution in [0.1, 0.15) is 20.3 Å². The van der Waals surface area contributed by atoms with Crippen LogP contribution in [0.15, 0.2) is 0 Å². The zero-order valence-electron chi connectivity index (χ0n) is 7.28. The molecule has 70 valence electrons. The van der Waals surface area contributed by atoms with Crippen molar-refractivity contribution < 1.29 is 19.7 Å². The number of carboxylic acid groups (broad SMARTS) is 1. The molecule has 0 aliphatic carbocycles. The van der Waals surface area contributed by atoms with Crippen LogP contribution >= 0.6 is 0 Å². The molecule has 0 radical (unpaired) electrons. The van der Waals surface area contributed by atoms with Crippen molar-refractivity contribution in [3.8, 4) is 0 Å². The van der Waals surface area contributed by atoms with Crippen molar-refractivity contribution in [3.05, 3.63) is 0 Å². The zero-order chi connectivity index (χ0) is 9.35. The summed E-state index contributed by atoms with van der Waals surface area (Å²) in [4.78, 5) is 10.5. The molecule has 1 aliphatic heterocycles. The van der Waals surface area contributed by atoms with E-state index in [1.54, 1.807) is 13.8 Å². The molecular weight excluding hydrogens is 160 g/mol. The van der Waals surface area contributed by atoms with Crippen LogP contribution in [0, 0.1) is 5.92 Å². The summed E-state index contributed by atoms with van der Waals surface area (Å²) in [5.41, 5.74) is -0.516. The van der Waals surface area contributed by atoms with Crippen molar-refractivity contribution in [3.63, 3.8) is 0 Å². The first-order chi connectivity index (χ1) is 5.45. The normalized spacial score (nSPS) is 30.1. The maximum atomic E-state index is 10.5. The molecule has 1 aliphatic rings. The standard InChI is InChI=1S/C8H14O4/c1-8(2)5(3-4-12-8)6(9)7(10)11/h5-6,9H,3-4H2,1-2H3,(H,10,11). The third-order valence-electron chi connectivity index (χ3n) is 2.43. The number of carboxylic acids is 1. The van der Waals surface area contributed by atoms with Gasteiger partial charge in [0, 0.05) is 12.5 Å². The smallest absolute Gasteiger partial charge is 0.332 e. The van der Waals surface area contributed by atoms with Gasteiger partial charge in [0.2, 0.25) is 0 Å². The Morgan fingerprint density at radius 1 is 1.67 bits per heavy atom. The van der Waals surface area contributed by atoms with Crippen LogP contribution < -0.4 is 0 Å². The number of aliphatic hydroxyl groups excluding tert-OH is 1. The van der Waals surface area contributed by atoms with E-state index >= 15 is 0 Å². The summed E-state index contributed by atoms with van der Waals surface area (Å²) in [6.07, 6.45) is -0.692. The van der Waals surface area contributed by atoms with Crippen molar-refractivity contribution in [1.82, 2.24) is 0 Å². The van der Waals surface area contributed by atoms with Crippen LogP contribution in [0.5, 0.6) is 0 Å². The number of carbonyl (C=O) groups is 1. The molecule has 2 unspecified atom stereocenters. The van der Waals surface area contributed by atoms with Crippen molar-refractivity contribution in [1.29, 1.82) is 0 Å². The molecule has 0 aromatic heterocycles. The van der Waals surface area contributed by atoms with Crippen LogP contribution in [0.4, 0.5) is 0 Å². The molecule has 1 saturated heterocycles. The van der Waals surface area contributed by atoms with Gasteiger partial charge in [0.15, 0.2) is 6.10 Å². The van der Waals surface area contributed by atoms with Crippen molar-refractivity contribution >= 4 is 5.97 Å². The Hall–Kier alpha value is -0.610. The van der Waals surface area contributed by atoms with Gasteiger partial charge in [-0.3, -0.25) is 0 Å². The third-order valence-corrected chi connectivity index (χ3v) is 2.43. The Kier molecular flexibility index (Phi) is 2.39. The fourth-order valence-corrected chi connectivity index (χ4v) is 1.61. The maximum Gasteiger partial charge on any atom is 0.332 e.